The van der Waals surface area contributed by atoms with Crippen molar-refractivity contribution in [2.45, 2.75) is 0 Å². The van der Waals surface area contributed by atoms with Crippen molar-refractivity contribution in [1.82, 2.24) is 14.1 Å². The topological polar surface area (TPSA) is 50.9 Å². The minimum atomic E-state index is 0.620. The van der Waals surface area contributed by atoms with E-state index in [2.05, 4.69) is 196 Å². The number of nitrogens with zero attached hydrogens (tertiary/aromatic N) is 5. The number of pyridine rings is 1. The molecule has 0 atom stereocenters. The lowest BCUT2D eigenvalue weighted by molar-refractivity contribution is 1.18. The molecule has 0 radical (unpaired) electrons. The van der Waals surface area contributed by atoms with Gasteiger partial charge in [-0.2, -0.15) is 5.26 Å². The molecule has 3 aromatic heterocycles. The van der Waals surface area contributed by atoms with Gasteiger partial charge in [-0.1, -0.05) is 115 Å². The van der Waals surface area contributed by atoms with Crippen LogP contribution in [0.4, 0.5) is 5.69 Å². The van der Waals surface area contributed by atoms with E-state index in [9.17, 15) is 5.26 Å². The molecule has 0 aliphatic heterocycles. The van der Waals surface area contributed by atoms with Crippen molar-refractivity contribution in [1.29, 1.82) is 5.26 Å². The smallest absolute Gasteiger partial charge is 0.188 e. The van der Waals surface area contributed by atoms with Crippen LogP contribution in [0.5, 0.6) is 0 Å². The lowest BCUT2D eigenvalue weighted by Gasteiger charge is -2.19. The zero-order chi connectivity index (χ0) is 45.3. The highest BCUT2D eigenvalue weighted by atomic mass is 15.0. The van der Waals surface area contributed by atoms with Gasteiger partial charge in [-0.25, -0.2) is 4.85 Å². The van der Waals surface area contributed by atoms with Gasteiger partial charge in [0.25, 0.3) is 0 Å². The highest BCUT2D eigenvalue weighted by Gasteiger charge is 2.21. The average molecular weight is 864 g/mol. The zero-order valence-electron chi connectivity index (χ0n) is 36.6. The van der Waals surface area contributed by atoms with Crippen molar-refractivity contribution in [2.24, 2.45) is 0 Å². The summed E-state index contributed by atoms with van der Waals surface area (Å²) in [6, 6.07) is 79.3. The first-order valence-corrected chi connectivity index (χ1v) is 22.7. The maximum atomic E-state index is 9.96. The molecule has 13 aromatic rings. The van der Waals surface area contributed by atoms with Gasteiger partial charge >= 0.3 is 0 Å². The molecule has 5 heteroatoms. The van der Waals surface area contributed by atoms with E-state index in [4.69, 9.17) is 11.6 Å². The standard InChI is InChI=1S/C63H37N5/c1-65-46-25-31-61-54(38-46)53-35-45(24-30-60(53)68(61)48-17-9-4-10-18-48)43-21-26-49-56(37-43)63(57-19-11-12-32-66-57)50-27-22-42(36-55(50)62(49)41-13-5-2-6-14-41)44-23-29-59-52(34-44)51-33-40(39-64)20-28-58(51)67(59)47-15-7-3-8-16-47/h2-38H. The van der Waals surface area contributed by atoms with Gasteiger partial charge in [0.15, 0.2) is 5.69 Å². The van der Waals surface area contributed by atoms with Gasteiger partial charge in [-0.15, -0.1) is 0 Å². The van der Waals surface area contributed by atoms with Crippen molar-refractivity contribution in [3.05, 3.63) is 242 Å². The Bertz CT molecular complexity index is 3970. The fraction of sp³-hybridized carbons (Fsp3) is 0. The minimum Gasteiger partial charge on any atom is -0.309 e. The summed E-state index contributed by atoms with van der Waals surface area (Å²) in [6.45, 7) is 7.83. The fourth-order valence-corrected chi connectivity index (χ4v) is 10.5. The summed E-state index contributed by atoms with van der Waals surface area (Å²) in [7, 11) is 0. The Hall–Kier alpha value is -9.55. The van der Waals surface area contributed by atoms with Crippen LogP contribution >= 0.6 is 0 Å². The Kier molecular flexibility index (Phi) is 8.90. The van der Waals surface area contributed by atoms with E-state index in [1.807, 2.05) is 48.7 Å². The highest BCUT2D eigenvalue weighted by molar-refractivity contribution is 6.22. The number of rotatable bonds is 6. The van der Waals surface area contributed by atoms with Crippen molar-refractivity contribution >= 4 is 70.8 Å². The SMILES string of the molecule is [C-]#[N+]c1ccc2c(c1)c1cc(-c3ccc4c(-c5ccccc5)c5cc(-c6ccc7c(c6)c6cc(C#N)ccc6n7-c6ccccc6)ccc5c(-c5ccccn5)c4c3)ccc1n2-c1ccccc1. The normalized spacial score (nSPS) is 11.5. The first-order chi connectivity index (χ1) is 33.6. The van der Waals surface area contributed by atoms with Gasteiger partial charge < -0.3 is 9.13 Å². The second-order valence-corrected chi connectivity index (χ2v) is 17.3. The van der Waals surface area contributed by atoms with E-state index in [0.29, 0.717) is 11.3 Å². The van der Waals surface area contributed by atoms with E-state index < -0.39 is 0 Å². The van der Waals surface area contributed by atoms with Crippen molar-refractivity contribution < 1.29 is 0 Å². The summed E-state index contributed by atoms with van der Waals surface area (Å²) in [5, 5.41) is 18.8. The molecule has 0 N–H and O–H groups in total. The molecule has 68 heavy (non-hydrogen) atoms. The molecule has 0 aliphatic carbocycles. The van der Waals surface area contributed by atoms with Crippen molar-refractivity contribution in [3.8, 4) is 62.1 Å². The molecule has 0 unspecified atom stereocenters. The summed E-state index contributed by atoms with van der Waals surface area (Å²) in [6.07, 6.45) is 1.88. The fourth-order valence-electron chi connectivity index (χ4n) is 10.5. The Labute approximate surface area is 392 Å². The van der Waals surface area contributed by atoms with Crippen LogP contribution in [-0.2, 0) is 0 Å². The van der Waals surface area contributed by atoms with E-state index in [1.54, 1.807) is 0 Å². The van der Waals surface area contributed by atoms with Crippen LogP contribution in [0.1, 0.15) is 5.56 Å². The number of fused-ring (bicyclic) bond motifs is 8. The quantitative estimate of drug-likeness (QED) is 0.123. The lowest BCUT2D eigenvalue weighted by atomic mass is 9.84. The van der Waals surface area contributed by atoms with Crippen LogP contribution in [-0.4, -0.2) is 14.1 Å². The summed E-state index contributed by atoms with van der Waals surface area (Å²) < 4.78 is 4.58. The third-order valence-corrected chi connectivity index (χ3v) is 13.6. The molecule has 0 amide bonds. The number of hydrogen-bond donors (Lipinski definition) is 0. The molecule has 0 spiro atoms. The zero-order valence-corrected chi connectivity index (χ0v) is 36.6. The Balaban J connectivity index is 1.05. The van der Waals surface area contributed by atoms with Crippen LogP contribution in [0, 0.1) is 17.9 Å². The molecule has 3 heterocycles. The molecule has 5 nitrogen and oxygen atoms in total. The van der Waals surface area contributed by atoms with Gasteiger partial charge in [-0.05, 0) is 163 Å². The third kappa shape index (κ3) is 6.12. The summed E-state index contributed by atoms with van der Waals surface area (Å²) in [5.74, 6) is 0. The summed E-state index contributed by atoms with van der Waals surface area (Å²) >= 11 is 0. The van der Waals surface area contributed by atoms with Crippen LogP contribution in [0.3, 0.4) is 0 Å². The Morgan fingerprint density at radius 3 is 1.38 bits per heavy atom. The van der Waals surface area contributed by atoms with Crippen LogP contribution in [0.15, 0.2) is 225 Å². The van der Waals surface area contributed by atoms with E-state index >= 15 is 0 Å². The Morgan fingerprint density at radius 1 is 0.382 bits per heavy atom. The van der Waals surface area contributed by atoms with Crippen molar-refractivity contribution in [3.63, 3.8) is 0 Å². The molecule has 13 rings (SSSR count). The summed E-state index contributed by atoms with van der Waals surface area (Å²) in [4.78, 5) is 8.82. The molecule has 0 saturated carbocycles. The van der Waals surface area contributed by atoms with Gasteiger partial charge in [0.1, 0.15) is 0 Å². The molecule has 0 fully saturated rings. The monoisotopic (exact) mass is 863 g/mol. The lowest BCUT2D eigenvalue weighted by Crippen LogP contribution is -1.94. The third-order valence-electron chi connectivity index (χ3n) is 13.6. The predicted molar refractivity (Wildman–Crippen MR) is 281 cm³/mol. The number of benzene rings is 10. The molecule has 0 saturated heterocycles. The van der Waals surface area contributed by atoms with Gasteiger partial charge in [0.2, 0.25) is 0 Å². The highest BCUT2D eigenvalue weighted by Crippen LogP contribution is 2.47. The first-order valence-electron chi connectivity index (χ1n) is 22.7. The number of nitriles is 1. The number of para-hydroxylation sites is 2. The van der Waals surface area contributed by atoms with Crippen LogP contribution < -0.4 is 0 Å². The number of aromatic nitrogens is 3. The molecular formula is C63H37N5. The second-order valence-electron chi connectivity index (χ2n) is 17.3. The van der Waals surface area contributed by atoms with E-state index in [0.717, 1.165) is 121 Å². The molecule has 10 aromatic carbocycles. The maximum Gasteiger partial charge on any atom is 0.188 e. The Morgan fingerprint density at radius 2 is 0.838 bits per heavy atom. The largest absolute Gasteiger partial charge is 0.309 e. The van der Waals surface area contributed by atoms with Crippen molar-refractivity contribution in [2.75, 3.05) is 0 Å². The molecule has 0 aliphatic rings. The second kappa shape index (κ2) is 15.6. The van der Waals surface area contributed by atoms with E-state index in [-0.39, 0.29) is 0 Å². The van der Waals surface area contributed by atoms with Gasteiger partial charge in [0.05, 0.1) is 46.0 Å². The average Bonchev–Trinajstić information content (AvgIpc) is 3.92. The minimum absolute atomic E-state index is 0.620. The predicted octanol–water partition coefficient (Wildman–Crippen LogP) is 16.7. The molecule has 314 valence electrons. The van der Waals surface area contributed by atoms with Crippen LogP contribution in [0.25, 0.3) is 126 Å². The van der Waals surface area contributed by atoms with Crippen LogP contribution in [0.2, 0.25) is 0 Å². The first kappa shape index (κ1) is 38.9. The maximum absolute atomic E-state index is 9.96. The van der Waals surface area contributed by atoms with Gasteiger partial charge in [-0.3, -0.25) is 4.98 Å². The molecule has 0 bridgehead atoms. The molecular weight excluding hydrogens is 827 g/mol. The number of hydrogen-bond acceptors (Lipinski definition) is 2. The summed E-state index contributed by atoms with van der Waals surface area (Å²) in [5.41, 5.74) is 16.4. The van der Waals surface area contributed by atoms with E-state index in [1.165, 1.54) is 0 Å². The van der Waals surface area contributed by atoms with Gasteiger partial charge in [0, 0.05) is 39.3 Å².